The molecule has 0 bridgehead atoms. The number of imidazole rings is 1. The quantitative estimate of drug-likeness (QED) is 0.414. The number of hydrogen-bond donors (Lipinski definition) is 2. The lowest BCUT2D eigenvalue weighted by Crippen LogP contribution is -2.44. The van der Waals surface area contributed by atoms with Crippen LogP contribution in [0.25, 0.3) is 44.7 Å². The molecule has 0 spiro atoms. The summed E-state index contributed by atoms with van der Waals surface area (Å²) in [6, 6.07) is 7.50. The zero-order valence-corrected chi connectivity index (χ0v) is 19.9. The summed E-state index contributed by atoms with van der Waals surface area (Å²) in [6.07, 6.45) is 5.21. The van der Waals surface area contributed by atoms with Crippen LogP contribution >= 0.6 is 0 Å². The van der Waals surface area contributed by atoms with E-state index in [1.807, 2.05) is 37.2 Å². The molecule has 0 unspecified atom stereocenters. The number of halogens is 1. The van der Waals surface area contributed by atoms with E-state index in [2.05, 4.69) is 42.0 Å². The molecule has 10 heteroatoms. The van der Waals surface area contributed by atoms with E-state index in [0.717, 1.165) is 43.1 Å². The normalized spacial score (nSPS) is 14.8. The number of fused-ring (bicyclic) bond motifs is 2. The molecule has 1 saturated heterocycles. The first-order valence-corrected chi connectivity index (χ1v) is 11.6. The molecule has 5 aromatic rings. The van der Waals surface area contributed by atoms with E-state index < -0.39 is 0 Å². The highest BCUT2D eigenvalue weighted by Crippen LogP contribution is 2.35. The van der Waals surface area contributed by atoms with Crippen LogP contribution in [-0.2, 0) is 0 Å². The molecular formula is C25H26FN9. The minimum absolute atomic E-state index is 0.364. The minimum Gasteiger partial charge on any atom is -0.376 e. The van der Waals surface area contributed by atoms with Crippen LogP contribution in [0, 0.1) is 5.82 Å². The van der Waals surface area contributed by atoms with Crippen LogP contribution in [0.15, 0.2) is 42.9 Å². The van der Waals surface area contributed by atoms with Crippen LogP contribution in [0.2, 0.25) is 0 Å². The Bertz CT molecular complexity index is 1530. The van der Waals surface area contributed by atoms with Gasteiger partial charge in [0.15, 0.2) is 11.5 Å². The second-order valence-corrected chi connectivity index (χ2v) is 9.15. The predicted octanol–water partition coefficient (Wildman–Crippen LogP) is 3.52. The standard InChI is InChI=1S/C25H26FN9/c1-33(2)16-12-15(13-27-14-16)17-4-5-18-20(21(17)26)23(32-31-18)25-29-22-19(6-7-28-24(22)30-25)35-10-8-34(3)9-11-35/h4-7,12-14H,8-11H2,1-3H3,(H,31,32)(H,28,29,30). The third-order valence-corrected chi connectivity index (χ3v) is 6.65. The second kappa shape index (κ2) is 8.31. The lowest BCUT2D eigenvalue weighted by molar-refractivity contribution is 0.313. The van der Waals surface area contributed by atoms with Gasteiger partial charge in [0, 0.05) is 63.8 Å². The van der Waals surface area contributed by atoms with E-state index in [-0.39, 0.29) is 5.82 Å². The molecule has 1 aliphatic rings. The van der Waals surface area contributed by atoms with Crippen LogP contribution in [0.4, 0.5) is 15.8 Å². The fourth-order valence-electron chi connectivity index (χ4n) is 4.60. The average molecular weight is 472 g/mol. The molecule has 1 fully saturated rings. The number of H-pyrrole nitrogens is 2. The molecular weight excluding hydrogens is 445 g/mol. The monoisotopic (exact) mass is 471 g/mol. The molecule has 9 nitrogen and oxygen atoms in total. The first kappa shape index (κ1) is 21.5. The number of benzene rings is 1. The van der Waals surface area contributed by atoms with Gasteiger partial charge in [-0.3, -0.25) is 10.1 Å². The Kier molecular flexibility index (Phi) is 5.10. The maximum absolute atomic E-state index is 16.0. The third-order valence-electron chi connectivity index (χ3n) is 6.65. The van der Waals surface area contributed by atoms with Gasteiger partial charge in [-0.05, 0) is 31.3 Å². The predicted molar refractivity (Wildman–Crippen MR) is 136 cm³/mol. The van der Waals surface area contributed by atoms with Gasteiger partial charge < -0.3 is 19.7 Å². The zero-order valence-electron chi connectivity index (χ0n) is 19.9. The van der Waals surface area contributed by atoms with E-state index in [0.29, 0.717) is 39.2 Å². The number of likely N-dealkylation sites (N-methyl/N-ethyl adjacent to an activating group) is 1. The zero-order chi connectivity index (χ0) is 24.1. The summed E-state index contributed by atoms with van der Waals surface area (Å²) in [7, 11) is 5.99. The Morgan fingerprint density at radius 3 is 2.69 bits per heavy atom. The Balaban J connectivity index is 1.46. The number of piperazine rings is 1. The summed E-state index contributed by atoms with van der Waals surface area (Å²) >= 11 is 0. The number of rotatable bonds is 4. The van der Waals surface area contributed by atoms with Crippen molar-refractivity contribution in [1.82, 2.24) is 35.0 Å². The van der Waals surface area contributed by atoms with Crippen molar-refractivity contribution in [2.45, 2.75) is 0 Å². The highest BCUT2D eigenvalue weighted by atomic mass is 19.1. The molecule has 6 rings (SSSR count). The van der Waals surface area contributed by atoms with E-state index in [1.165, 1.54) is 0 Å². The topological polar surface area (TPSA) is 92.9 Å². The van der Waals surface area contributed by atoms with Gasteiger partial charge in [0.1, 0.15) is 17.0 Å². The van der Waals surface area contributed by atoms with Gasteiger partial charge in [-0.2, -0.15) is 5.10 Å². The summed E-state index contributed by atoms with van der Waals surface area (Å²) < 4.78 is 16.0. The van der Waals surface area contributed by atoms with Crippen LogP contribution in [0.5, 0.6) is 0 Å². The summed E-state index contributed by atoms with van der Waals surface area (Å²) in [5, 5.41) is 7.76. The molecule has 2 N–H and O–H groups in total. The van der Waals surface area contributed by atoms with E-state index in [9.17, 15) is 0 Å². The number of hydrogen-bond acceptors (Lipinski definition) is 7. The second-order valence-electron chi connectivity index (χ2n) is 9.15. The Hall–Kier alpha value is -4.05. The molecule has 0 amide bonds. The summed E-state index contributed by atoms with van der Waals surface area (Å²) in [5.41, 5.74) is 5.54. The van der Waals surface area contributed by atoms with Gasteiger partial charge in [-0.15, -0.1) is 0 Å². The highest BCUT2D eigenvalue weighted by molar-refractivity contribution is 5.97. The Morgan fingerprint density at radius 1 is 1.06 bits per heavy atom. The SMILES string of the molecule is CN1CCN(c2ccnc3[nH]c(-c4n[nH]c5ccc(-c6cncc(N(C)C)c6)c(F)c45)nc23)CC1. The average Bonchev–Trinajstić information content (AvgIpc) is 3.49. The lowest BCUT2D eigenvalue weighted by atomic mass is 10.0. The van der Waals surface area contributed by atoms with Crippen LogP contribution in [0.3, 0.4) is 0 Å². The number of anilines is 2. The molecule has 35 heavy (non-hydrogen) atoms. The van der Waals surface area contributed by atoms with Crippen molar-refractivity contribution < 1.29 is 4.39 Å². The molecule has 178 valence electrons. The summed E-state index contributed by atoms with van der Waals surface area (Å²) in [4.78, 5) is 23.4. The number of pyridine rings is 2. The van der Waals surface area contributed by atoms with Gasteiger partial charge in [-0.1, -0.05) is 0 Å². The van der Waals surface area contributed by atoms with Crippen LogP contribution in [0.1, 0.15) is 0 Å². The van der Waals surface area contributed by atoms with Crippen molar-refractivity contribution >= 4 is 33.4 Å². The Labute approximate surface area is 201 Å². The first-order chi connectivity index (χ1) is 17.0. The van der Waals surface area contributed by atoms with Crippen molar-refractivity contribution in [1.29, 1.82) is 0 Å². The fraction of sp³-hybridized carbons (Fsp3) is 0.280. The summed E-state index contributed by atoms with van der Waals surface area (Å²) in [5.74, 6) is 0.119. The first-order valence-electron chi connectivity index (χ1n) is 11.6. The Morgan fingerprint density at radius 2 is 1.89 bits per heavy atom. The van der Waals surface area contributed by atoms with Gasteiger partial charge >= 0.3 is 0 Å². The number of aromatic nitrogens is 6. The van der Waals surface area contributed by atoms with Crippen molar-refractivity contribution in [3.8, 4) is 22.6 Å². The number of aromatic amines is 2. The maximum Gasteiger partial charge on any atom is 0.161 e. The van der Waals surface area contributed by atoms with Crippen LogP contribution < -0.4 is 9.80 Å². The van der Waals surface area contributed by atoms with Gasteiger partial charge in [-0.25, -0.2) is 14.4 Å². The fourth-order valence-corrected chi connectivity index (χ4v) is 4.60. The number of nitrogens with zero attached hydrogens (tertiary/aromatic N) is 7. The van der Waals surface area contributed by atoms with Crippen molar-refractivity contribution in [3.63, 3.8) is 0 Å². The molecule has 5 heterocycles. The molecule has 0 saturated carbocycles. The van der Waals surface area contributed by atoms with E-state index in [1.54, 1.807) is 24.7 Å². The highest BCUT2D eigenvalue weighted by Gasteiger charge is 2.22. The molecule has 0 aliphatic carbocycles. The minimum atomic E-state index is -0.364. The molecule has 0 radical (unpaired) electrons. The van der Waals surface area contributed by atoms with Gasteiger partial charge in [0.2, 0.25) is 0 Å². The van der Waals surface area contributed by atoms with Crippen molar-refractivity contribution in [2.75, 3.05) is 57.1 Å². The molecule has 4 aromatic heterocycles. The summed E-state index contributed by atoms with van der Waals surface area (Å²) in [6.45, 7) is 3.81. The largest absolute Gasteiger partial charge is 0.376 e. The van der Waals surface area contributed by atoms with Crippen LogP contribution in [-0.4, -0.2) is 82.4 Å². The smallest absolute Gasteiger partial charge is 0.161 e. The molecule has 0 atom stereocenters. The number of nitrogens with one attached hydrogen (secondary N) is 2. The van der Waals surface area contributed by atoms with Crippen molar-refractivity contribution in [2.24, 2.45) is 0 Å². The van der Waals surface area contributed by atoms with Gasteiger partial charge in [0.25, 0.3) is 0 Å². The van der Waals surface area contributed by atoms with E-state index >= 15 is 4.39 Å². The van der Waals surface area contributed by atoms with Gasteiger partial charge in [0.05, 0.1) is 28.5 Å². The lowest BCUT2D eigenvalue weighted by Gasteiger charge is -2.33. The molecule has 1 aliphatic heterocycles. The third kappa shape index (κ3) is 3.66. The van der Waals surface area contributed by atoms with E-state index in [4.69, 9.17) is 4.98 Å². The maximum atomic E-state index is 16.0. The molecule has 1 aromatic carbocycles. The van der Waals surface area contributed by atoms with Crippen molar-refractivity contribution in [3.05, 3.63) is 48.7 Å².